The molecule has 1 amide bonds. The molecule has 2 aromatic heterocycles. The van der Waals surface area contributed by atoms with Crippen LogP contribution < -0.4 is 15.8 Å². The number of nitrogens with zero attached hydrogens (tertiary/aromatic N) is 2. The van der Waals surface area contributed by atoms with Gasteiger partial charge >= 0.3 is 0 Å². The zero-order chi connectivity index (χ0) is 23.9. The predicted molar refractivity (Wildman–Crippen MR) is 135 cm³/mol. The lowest BCUT2D eigenvalue weighted by Gasteiger charge is -2.28. The molecule has 0 radical (unpaired) electrons. The molecule has 7 heteroatoms. The molecule has 0 unspecified atom stereocenters. The number of carbonyl (C=O) groups is 1. The highest BCUT2D eigenvalue weighted by Crippen LogP contribution is 2.22. The van der Waals surface area contributed by atoms with Gasteiger partial charge in [-0.15, -0.1) is 0 Å². The Morgan fingerprint density at radius 2 is 1.91 bits per heavy atom. The number of nitrogens with one attached hydrogen (secondary N) is 2. The van der Waals surface area contributed by atoms with Crippen LogP contribution in [0.5, 0.6) is 0 Å². The van der Waals surface area contributed by atoms with Gasteiger partial charge in [-0.1, -0.05) is 19.4 Å². The van der Waals surface area contributed by atoms with Crippen LogP contribution in [0.25, 0.3) is 11.3 Å². The van der Waals surface area contributed by atoms with Gasteiger partial charge < -0.3 is 20.3 Å². The van der Waals surface area contributed by atoms with E-state index in [0.29, 0.717) is 23.2 Å². The van der Waals surface area contributed by atoms with E-state index in [4.69, 9.17) is 4.98 Å². The van der Waals surface area contributed by atoms with E-state index in [0.717, 1.165) is 30.9 Å². The van der Waals surface area contributed by atoms with Gasteiger partial charge in [-0.05, 0) is 74.1 Å². The van der Waals surface area contributed by atoms with Crippen LogP contribution in [0.3, 0.4) is 0 Å². The number of hydrogen-bond acceptors (Lipinski definition) is 5. The third-order valence-corrected chi connectivity index (χ3v) is 6.44. The second-order valence-corrected chi connectivity index (χ2v) is 8.85. The average Bonchev–Trinajstić information content (AvgIpc) is 2.89. The maximum absolute atomic E-state index is 12.8. The molecule has 7 nitrogen and oxygen atoms in total. The van der Waals surface area contributed by atoms with E-state index in [1.807, 2.05) is 37.3 Å². The summed E-state index contributed by atoms with van der Waals surface area (Å²) in [5, 5.41) is 12.2. The van der Waals surface area contributed by atoms with Crippen molar-refractivity contribution < 1.29 is 9.90 Å². The van der Waals surface area contributed by atoms with E-state index in [-0.39, 0.29) is 29.7 Å². The number of aliphatic hydroxyl groups is 1. The third kappa shape index (κ3) is 5.72. The maximum Gasteiger partial charge on any atom is 0.271 e. The Labute approximate surface area is 199 Å². The van der Waals surface area contributed by atoms with Crippen LogP contribution >= 0.6 is 0 Å². The molecule has 1 fully saturated rings. The van der Waals surface area contributed by atoms with E-state index in [9.17, 15) is 14.7 Å². The van der Waals surface area contributed by atoms with E-state index in [2.05, 4.69) is 15.2 Å². The Balaban J connectivity index is 1.49. The Hall–Kier alpha value is -3.45. The molecule has 0 bridgehead atoms. The van der Waals surface area contributed by atoms with Crippen molar-refractivity contribution in [2.75, 3.05) is 29.9 Å². The number of pyridine rings is 2. The Morgan fingerprint density at radius 1 is 1.15 bits per heavy atom. The van der Waals surface area contributed by atoms with Crippen LogP contribution in [-0.2, 0) is 6.42 Å². The van der Waals surface area contributed by atoms with Crippen LogP contribution in [-0.4, -0.2) is 40.7 Å². The molecule has 4 rings (SSSR count). The number of hydrogen-bond donors (Lipinski definition) is 3. The first-order chi connectivity index (χ1) is 16.6. The lowest BCUT2D eigenvalue weighted by atomic mass is 10.0. The van der Waals surface area contributed by atoms with Gasteiger partial charge in [0, 0.05) is 48.4 Å². The summed E-state index contributed by atoms with van der Waals surface area (Å²) < 4.78 is 0. The van der Waals surface area contributed by atoms with Crippen LogP contribution in [0.4, 0.5) is 11.4 Å². The van der Waals surface area contributed by atoms with Gasteiger partial charge in [0.15, 0.2) is 0 Å². The summed E-state index contributed by atoms with van der Waals surface area (Å²) in [6.07, 6.45) is 6.81. The summed E-state index contributed by atoms with van der Waals surface area (Å²) in [6.45, 7) is 4.25. The molecule has 3 heterocycles. The Bertz CT molecular complexity index is 1160. The Morgan fingerprint density at radius 3 is 2.62 bits per heavy atom. The quantitative estimate of drug-likeness (QED) is 0.467. The first kappa shape index (κ1) is 23.7. The second-order valence-electron chi connectivity index (χ2n) is 8.85. The van der Waals surface area contributed by atoms with Crippen molar-refractivity contribution in [3.8, 4) is 11.3 Å². The second kappa shape index (κ2) is 11.1. The average molecular weight is 461 g/mol. The molecule has 3 N–H and O–H groups in total. The van der Waals surface area contributed by atoms with Crippen LogP contribution in [0, 0.1) is 5.92 Å². The first-order valence-electron chi connectivity index (χ1n) is 12.0. The van der Waals surface area contributed by atoms with Crippen LogP contribution in [0.1, 0.15) is 48.7 Å². The number of H-pyrrole nitrogens is 1. The molecular weight excluding hydrogens is 428 g/mol. The molecule has 1 atom stereocenters. The molecule has 34 heavy (non-hydrogen) atoms. The van der Waals surface area contributed by atoms with E-state index < -0.39 is 0 Å². The minimum Gasteiger partial charge on any atom is -0.396 e. The van der Waals surface area contributed by atoms with Crippen molar-refractivity contribution in [2.24, 2.45) is 5.92 Å². The molecule has 3 aromatic rings. The number of amides is 1. The fraction of sp³-hybridized carbons (Fsp3) is 0.370. The molecule has 0 aliphatic carbocycles. The summed E-state index contributed by atoms with van der Waals surface area (Å²) >= 11 is 0. The smallest absolute Gasteiger partial charge is 0.271 e. The topological polar surface area (TPSA) is 98.3 Å². The van der Waals surface area contributed by atoms with E-state index >= 15 is 0 Å². The van der Waals surface area contributed by atoms with Gasteiger partial charge in [-0.3, -0.25) is 14.6 Å². The molecule has 0 saturated carbocycles. The van der Waals surface area contributed by atoms with Gasteiger partial charge in [0.05, 0.1) is 5.69 Å². The minimum atomic E-state index is -0.371. The van der Waals surface area contributed by atoms with Crippen molar-refractivity contribution in [2.45, 2.75) is 39.0 Å². The molecule has 1 aliphatic rings. The molecular formula is C27H32N4O3. The highest BCUT2D eigenvalue weighted by molar-refractivity contribution is 6.04. The minimum absolute atomic E-state index is 0.121. The van der Waals surface area contributed by atoms with E-state index in [1.54, 1.807) is 24.4 Å². The van der Waals surface area contributed by atoms with Crippen molar-refractivity contribution >= 4 is 17.3 Å². The number of benzene rings is 1. The van der Waals surface area contributed by atoms with Gasteiger partial charge in [0.2, 0.25) is 0 Å². The first-order valence-corrected chi connectivity index (χ1v) is 12.0. The summed E-state index contributed by atoms with van der Waals surface area (Å²) in [4.78, 5) is 35.0. The standard InChI is InChI=1S/C27H32N4O3/c1-2-19(18-32)15-22-7-6-8-24(29-22)21-16-25(27(34)28-17-21)30-26(33)20-9-11-23(12-10-20)31-13-4-3-5-14-31/h6-12,16-17,19,32H,2-5,13-15,18H2,1H3,(H,28,34)(H,30,33)/t19-/m1/s1. The lowest BCUT2D eigenvalue weighted by molar-refractivity contribution is 0.102. The van der Waals surface area contributed by atoms with Crippen molar-refractivity contribution in [1.29, 1.82) is 0 Å². The summed E-state index contributed by atoms with van der Waals surface area (Å²) in [6, 6.07) is 14.9. The number of anilines is 2. The Kier molecular flexibility index (Phi) is 7.75. The number of carbonyl (C=O) groups excluding carboxylic acids is 1. The highest BCUT2D eigenvalue weighted by Gasteiger charge is 2.14. The summed E-state index contributed by atoms with van der Waals surface area (Å²) in [5.74, 6) is -0.169. The fourth-order valence-corrected chi connectivity index (χ4v) is 4.28. The van der Waals surface area contributed by atoms with Crippen LogP contribution in [0.15, 0.2) is 59.5 Å². The van der Waals surface area contributed by atoms with Gasteiger partial charge in [0.25, 0.3) is 11.5 Å². The number of aliphatic hydroxyl groups excluding tert-OH is 1. The molecule has 1 aromatic carbocycles. The highest BCUT2D eigenvalue weighted by atomic mass is 16.3. The number of aromatic nitrogens is 2. The van der Waals surface area contributed by atoms with Crippen molar-refractivity contribution in [1.82, 2.24) is 9.97 Å². The zero-order valence-corrected chi connectivity index (χ0v) is 19.6. The summed E-state index contributed by atoms with van der Waals surface area (Å²) in [5.41, 5.74) is 3.70. The molecule has 1 aliphatic heterocycles. The van der Waals surface area contributed by atoms with Crippen molar-refractivity contribution in [3.05, 3.63) is 76.3 Å². The normalized spacial score (nSPS) is 14.6. The summed E-state index contributed by atoms with van der Waals surface area (Å²) in [7, 11) is 0. The maximum atomic E-state index is 12.8. The monoisotopic (exact) mass is 460 g/mol. The fourth-order valence-electron chi connectivity index (χ4n) is 4.28. The third-order valence-electron chi connectivity index (χ3n) is 6.44. The van der Waals surface area contributed by atoms with Gasteiger partial charge in [-0.2, -0.15) is 0 Å². The van der Waals surface area contributed by atoms with Gasteiger partial charge in [0.1, 0.15) is 5.69 Å². The molecule has 0 spiro atoms. The molecule has 178 valence electrons. The largest absolute Gasteiger partial charge is 0.396 e. The van der Waals surface area contributed by atoms with E-state index in [1.165, 1.54) is 19.3 Å². The van der Waals surface area contributed by atoms with Crippen LogP contribution in [0.2, 0.25) is 0 Å². The molecule has 1 saturated heterocycles. The number of rotatable bonds is 8. The lowest BCUT2D eigenvalue weighted by Crippen LogP contribution is -2.29. The van der Waals surface area contributed by atoms with Crippen molar-refractivity contribution in [3.63, 3.8) is 0 Å². The predicted octanol–water partition coefficient (Wildman–Crippen LogP) is 4.24. The zero-order valence-electron chi connectivity index (χ0n) is 19.6. The van der Waals surface area contributed by atoms with Gasteiger partial charge in [-0.25, -0.2) is 0 Å². The number of aromatic amines is 1. The number of piperidine rings is 1. The SMILES string of the molecule is CC[C@@H](CO)Cc1cccc(-c2c[nH]c(=O)c(NC(=O)c3ccc(N4CCCCC4)cc3)c2)n1.